The fraction of sp³-hybridized carbons (Fsp3) is 0.429. The Morgan fingerprint density at radius 1 is 1.27 bits per heavy atom. The van der Waals surface area contributed by atoms with E-state index in [1.54, 1.807) is 11.3 Å². The quantitative estimate of drug-likeness (QED) is 0.645. The van der Waals surface area contributed by atoms with Crippen LogP contribution in [0.1, 0.15) is 53.5 Å². The van der Waals surface area contributed by atoms with E-state index >= 15 is 0 Å². The summed E-state index contributed by atoms with van der Waals surface area (Å²) in [6.07, 6.45) is 4.51. The van der Waals surface area contributed by atoms with Gasteiger partial charge in [-0.3, -0.25) is 4.79 Å². The average molecular weight is 368 g/mol. The molecule has 1 saturated heterocycles. The summed E-state index contributed by atoms with van der Waals surface area (Å²) >= 11 is 1.57. The van der Waals surface area contributed by atoms with Gasteiger partial charge >= 0.3 is 0 Å². The molecule has 1 aromatic carbocycles. The van der Waals surface area contributed by atoms with Crippen LogP contribution in [-0.2, 0) is 0 Å². The van der Waals surface area contributed by atoms with E-state index in [9.17, 15) is 4.79 Å². The van der Waals surface area contributed by atoms with Crippen molar-refractivity contribution in [2.45, 2.75) is 52.5 Å². The minimum Gasteiger partial charge on any atom is -0.335 e. The molecule has 2 aromatic heterocycles. The Labute approximate surface area is 158 Å². The zero-order valence-corrected chi connectivity index (χ0v) is 16.5. The third-order valence-electron chi connectivity index (χ3n) is 5.36. The maximum absolute atomic E-state index is 13.2. The van der Waals surface area contributed by atoms with Gasteiger partial charge in [-0.25, -0.2) is 4.68 Å². The molecule has 0 N–H and O–H groups in total. The molecule has 4 nitrogen and oxygen atoms in total. The summed E-state index contributed by atoms with van der Waals surface area (Å²) in [7, 11) is 0. The first-order valence-corrected chi connectivity index (χ1v) is 10.3. The average Bonchev–Trinajstić information content (AvgIpc) is 3.22. The molecule has 1 atom stereocenters. The molecular formula is C21H25N3OS. The molecule has 136 valence electrons. The van der Waals surface area contributed by atoms with Gasteiger partial charge in [-0.2, -0.15) is 5.10 Å². The van der Waals surface area contributed by atoms with Crippen LogP contribution >= 0.6 is 11.3 Å². The van der Waals surface area contributed by atoms with Crippen LogP contribution in [0.25, 0.3) is 15.9 Å². The number of amides is 1. The van der Waals surface area contributed by atoms with Crippen LogP contribution in [0.2, 0.25) is 0 Å². The highest BCUT2D eigenvalue weighted by atomic mass is 32.1. The van der Waals surface area contributed by atoms with Gasteiger partial charge in [0, 0.05) is 18.0 Å². The predicted octanol–water partition coefficient (Wildman–Crippen LogP) is 5.11. The summed E-state index contributed by atoms with van der Waals surface area (Å²) in [4.78, 5) is 17.1. The molecule has 0 aliphatic carbocycles. The molecule has 1 amide bonds. The number of aromatic nitrogens is 2. The minimum atomic E-state index is 0.188. The van der Waals surface area contributed by atoms with E-state index in [4.69, 9.17) is 5.10 Å². The smallest absolute Gasteiger partial charge is 0.264 e. The molecule has 3 heterocycles. The van der Waals surface area contributed by atoms with Crippen molar-refractivity contribution in [2.24, 2.45) is 0 Å². The topological polar surface area (TPSA) is 38.1 Å². The van der Waals surface area contributed by atoms with Crippen LogP contribution in [0, 0.1) is 13.8 Å². The Balaban J connectivity index is 1.74. The van der Waals surface area contributed by atoms with E-state index in [0.717, 1.165) is 52.3 Å². The van der Waals surface area contributed by atoms with Gasteiger partial charge in [0.25, 0.3) is 5.91 Å². The van der Waals surface area contributed by atoms with Crippen molar-refractivity contribution in [3.63, 3.8) is 0 Å². The molecular weight excluding hydrogens is 342 g/mol. The highest BCUT2D eigenvalue weighted by Crippen LogP contribution is 2.32. The lowest BCUT2D eigenvalue weighted by atomic mass is 10.00. The van der Waals surface area contributed by atoms with Gasteiger partial charge in [0.05, 0.1) is 16.3 Å². The number of piperidine rings is 1. The first kappa shape index (κ1) is 17.3. The van der Waals surface area contributed by atoms with Gasteiger partial charge in [0.15, 0.2) is 0 Å². The van der Waals surface area contributed by atoms with E-state index < -0.39 is 0 Å². The number of hydrogen-bond acceptors (Lipinski definition) is 3. The standard InChI is InChI=1S/C21H25N3OS/c1-4-16-9-5-6-11-23(16)20(25)19-13-18-15(3)22-24(21(18)26-19)17-10-7-8-14(2)12-17/h7-8,10,12-13,16H,4-6,9,11H2,1-3H3/t16-/m1/s1. The number of nitrogens with zero attached hydrogens (tertiary/aromatic N) is 3. The molecule has 5 heteroatoms. The number of benzene rings is 1. The molecule has 1 aliphatic heterocycles. The number of aryl methyl sites for hydroxylation is 2. The molecule has 3 aromatic rings. The van der Waals surface area contributed by atoms with Gasteiger partial charge in [0.1, 0.15) is 4.83 Å². The molecule has 0 radical (unpaired) electrons. The Bertz CT molecular complexity index is 955. The normalized spacial score (nSPS) is 17.8. The van der Waals surface area contributed by atoms with Crippen LogP contribution in [0.15, 0.2) is 30.3 Å². The summed E-state index contributed by atoms with van der Waals surface area (Å²) < 4.78 is 1.98. The molecule has 1 fully saturated rings. The zero-order chi connectivity index (χ0) is 18.3. The van der Waals surface area contributed by atoms with Gasteiger partial charge < -0.3 is 4.90 Å². The van der Waals surface area contributed by atoms with Crippen molar-refractivity contribution < 1.29 is 4.79 Å². The van der Waals surface area contributed by atoms with Gasteiger partial charge in [-0.15, -0.1) is 11.3 Å². The van der Waals surface area contributed by atoms with Crippen LogP contribution in [0.3, 0.4) is 0 Å². The summed E-state index contributed by atoms with van der Waals surface area (Å²) in [5.74, 6) is 0.188. The molecule has 1 aliphatic rings. The fourth-order valence-corrected chi connectivity index (χ4v) is 5.06. The Kier molecular flexibility index (Phi) is 4.57. The Morgan fingerprint density at radius 2 is 2.12 bits per heavy atom. The van der Waals surface area contributed by atoms with Crippen molar-refractivity contribution in [1.29, 1.82) is 0 Å². The lowest BCUT2D eigenvalue weighted by Gasteiger charge is -2.35. The lowest BCUT2D eigenvalue weighted by molar-refractivity contribution is 0.0613. The summed E-state index contributed by atoms with van der Waals surface area (Å²) in [6.45, 7) is 7.17. The van der Waals surface area contributed by atoms with E-state index in [0.29, 0.717) is 6.04 Å². The monoisotopic (exact) mass is 367 g/mol. The van der Waals surface area contributed by atoms with Gasteiger partial charge in [0.2, 0.25) is 0 Å². The Morgan fingerprint density at radius 3 is 2.88 bits per heavy atom. The fourth-order valence-electron chi connectivity index (χ4n) is 3.92. The summed E-state index contributed by atoms with van der Waals surface area (Å²) in [6, 6.07) is 10.8. The molecule has 0 bridgehead atoms. The molecule has 0 spiro atoms. The first-order valence-electron chi connectivity index (χ1n) is 9.45. The first-order chi connectivity index (χ1) is 12.6. The van der Waals surface area contributed by atoms with Crippen LogP contribution < -0.4 is 0 Å². The Hall–Kier alpha value is -2.14. The van der Waals surface area contributed by atoms with Crippen LogP contribution in [0.5, 0.6) is 0 Å². The van der Waals surface area contributed by atoms with Crippen LogP contribution in [0.4, 0.5) is 0 Å². The second-order valence-corrected chi connectivity index (χ2v) is 8.25. The van der Waals surface area contributed by atoms with Crippen LogP contribution in [-0.4, -0.2) is 33.2 Å². The molecule has 0 unspecified atom stereocenters. The second kappa shape index (κ2) is 6.88. The minimum absolute atomic E-state index is 0.188. The SMILES string of the molecule is CC[C@@H]1CCCCN1C(=O)c1cc2c(C)nn(-c3cccc(C)c3)c2s1. The van der Waals surface area contributed by atoms with Gasteiger partial charge in [-0.05, 0) is 63.3 Å². The third-order valence-corrected chi connectivity index (χ3v) is 6.46. The highest BCUT2D eigenvalue weighted by Gasteiger charge is 2.28. The number of carbonyl (C=O) groups excluding carboxylic acids is 1. The maximum Gasteiger partial charge on any atom is 0.264 e. The van der Waals surface area contributed by atoms with E-state index in [2.05, 4.69) is 36.9 Å². The van der Waals surface area contributed by atoms with Gasteiger partial charge in [-0.1, -0.05) is 19.1 Å². The number of hydrogen-bond donors (Lipinski definition) is 0. The number of carbonyl (C=O) groups is 1. The highest BCUT2D eigenvalue weighted by molar-refractivity contribution is 7.20. The largest absolute Gasteiger partial charge is 0.335 e. The van der Waals surface area contributed by atoms with Crippen molar-refractivity contribution in [3.8, 4) is 5.69 Å². The van der Waals surface area contributed by atoms with Crippen molar-refractivity contribution in [1.82, 2.24) is 14.7 Å². The lowest BCUT2D eigenvalue weighted by Crippen LogP contribution is -2.43. The van der Waals surface area contributed by atoms with Crippen molar-refractivity contribution in [3.05, 3.63) is 46.5 Å². The number of rotatable bonds is 3. The molecule has 4 rings (SSSR count). The zero-order valence-electron chi connectivity index (χ0n) is 15.7. The third kappa shape index (κ3) is 2.94. The molecule has 26 heavy (non-hydrogen) atoms. The maximum atomic E-state index is 13.2. The predicted molar refractivity (Wildman–Crippen MR) is 107 cm³/mol. The van der Waals surface area contributed by atoms with Crippen molar-refractivity contribution in [2.75, 3.05) is 6.54 Å². The number of fused-ring (bicyclic) bond motifs is 1. The van der Waals surface area contributed by atoms with E-state index in [-0.39, 0.29) is 5.91 Å². The summed E-state index contributed by atoms with van der Waals surface area (Å²) in [5.41, 5.74) is 3.23. The molecule has 0 saturated carbocycles. The van der Waals surface area contributed by atoms with Crippen molar-refractivity contribution >= 4 is 27.5 Å². The number of thiophene rings is 1. The summed E-state index contributed by atoms with van der Waals surface area (Å²) in [5, 5.41) is 5.80. The number of likely N-dealkylation sites (tertiary alicyclic amines) is 1. The van der Waals surface area contributed by atoms with E-state index in [1.165, 1.54) is 12.0 Å². The van der Waals surface area contributed by atoms with E-state index in [1.807, 2.05) is 23.7 Å². The second-order valence-electron chi connectivity index (χ2n) is 7.22.